The van der Waals surface area contributed by atoms with E-state index in [2.05, 4.69) is 29.5 Å². The number of aliphatic hydroxyl groups excluding tert-OH is 1. The molecule has 5 rings (SSSR count). The Morgan fingerprint density at radius 3 is 2.48 bits per heavy atom. The Morgan fingerprint density at radius 1 is 1.00 bits per heavy atom. The maximum absolute atomic E-state index is 14.4. The molecular formula is C38H50N4O8. The monoisotopic (exact) mass is 690 g/mol. The van der Waals surface area contributed by atoms with Crippen molar-refractivity contribution in [2.45, 2.75) is 64.8 Å². The molecule has 12 nitrogen and oxygen atoms in total. The van der Waals surface area contributed by atoms with Crippen LogP contribution in [0.25, 0.3) is 0 Å². The van der Waals surface area contributed by atoms with Crippen LogP contribution in [0.2, 0.25) is 0 Å². The molecule has 0 aromatic heterocycles. The van der Waals surface area contributed by atoms with Crippen molar-refractivity contribution >= 4 is 23.3 Å². The van der Waals surface area contributed by atoms with Crippen molar-refractivity contribution in [2.75, 3.05) is 57.9 Å². The molecule has 0 radical (unpaired) electrons. The quantitative estimate of drug-likeness (QED) is 0.248. The van der Waals surface area contributed by atoms with E-state index < -0.39 is 12.1 Å². The molecule has 3 N–H and O–H groups in total. The molecule has 50 heavy (non-hydrogen) atoms. The maximum Gasteiger partial charge on any atom is 0.323 e. The van der Waals surface area contributed by atoms with E-state index >= 15 is 0 Å². The first kappa shape index (κ1) is 36.8. The van der Waals surface area contributed by atoms with Gasteiger partial charge < -0.3 is 44.3 Å². The third-order valence-electron chi connectivity index (χ3n) is 9.04. The van der Waals surface area contributed by atoms with Gasteiger partial charge in [0.25, 0.3) is 5.91 Å². The van der Waals surface area contributed by atoms with Crippen molar-refractivity contribution in [1.29, 1.82) is 0 Å². The molecule has 2 heterocycles. The molecule has 0 saturated heterocycles. The van der Waals surface area contributed by atoms with Crippen LogP contribution in [-0.4, -0.2) is 92.3 Å². The minimum Gasteiger partial charge on any atom is -0.497 e. The predicted octanol–water partition coefficient (Wildman–Crippen LogP) is 6.00. The third kappa shape index (κ3) is 9.80. The number of anilines is 2. The zero-order valence-corrected chi connectivity index (χ0v) is 29.6. The summed E-state index contributed by atoms with van der Waals surface area (Å²) in [6.07, 6.45) is 2.21. The minimum absolute atomic E-state index is 0.0741. The van der Waals surface area contributed by atoms with Crippen LogP contribution in [0.15, 0.2) is 60.7 Å². The Kier molecular flexibility index (Phi) is 12.8. The number of ether oxygens (including phenoxy) is 5. The number of hydrogen-bond acceptors (Lipinski definition) is 9. The highest BCUT2D eigenvalue weighted by Gasteiger charge is 2.30. The van der Waals surface area contributed by atoms with E-state index in [4.69, 9.17) is 23.7 Å². The number of urea groups is 1. The molecule has 3 aromatic rings. The Morgan fingerprint density at radius 2 is 1.72 bits per heavy atom. The molecule has 2 aliphatic rings. The van der Waals surface area contributed by atoms with E-state index in [1.165, 1.54) is 0 Å². The van der Waals surface area contributed by atoms with Crippen LogP contribution >= 0.6 is 0 Å². The van der Waals surface area contributed by atoms with Gasteiger partial charge in [-0.2, -0.15) is 0 Å². The highest BCUT2D eigenvalue weighted by molar-refractivity contribution is 6.02. The topological polar surface area (TPSA) is 131 Å². The Labute approximate surface area is 294 Å². The largest absolute Gasteiger partial charge is 0.497 e. The number of methoxy groups -OCH3 is 1. The summed E-state index contributed by atoms with van der Waals surface area (Å²) in [5.41, 5.74) is 2.42. The molecule has 0 unspecified atom stereocenters. The lowest BCUT2D eigenvalue weighted by molar-refractivity contribution is -0.0177. The number of likely N-dealkylation sites (N-methyl/N-ethyl adjacent to an activating group) is 1. The van der Waals surface area contributed by atoms with E-state index in [0.717, 1.165) is 36.3 Å². The van der Waals surface area contributed by atoms with Crippen molar-refractivity contribution in [2.24, 2.45) is 5.92 Å². The number of aliphatic hydroxyl groups is 1. The number of fused-ring (bicyclic) bond motifs is 2. The Bertz CT molecular complexity index is 1590. The smallest absolute Gasteiger partial charge is 0.323 e. The molecule has 0 aliphatic carbocycles. The second-order valence-corrected chi connectivity index (χ2v) is 13.2. The summed E-state index contributed by atoms with van der Waals surface area (Å²) in [7, 11) is 3.63. The summed E-state index contributed by atoms with van der Waals surface area (Å²) in [6, 6.07) is 17.1. The van der Waals surface area contributed by atoms with Gasteiger partial charge in [0.2, 0.25) is 6.79 Å². The van der Waals surface area contributed by atoms with Crippen molar-refractivity contribution in [3.63, 3.8) is 0 Å². The van der Waals surface area contributed by atoms with Crippen molar-refractivity contribution in [3.8, 4) is 23.0 Å². The lowest BCUT2D eigenvalue weighted by Crippen LogP contribution is -2.47. The number of carbonyl (C=O) groups is 2. The number of nitrogens with one attached hydrogen (secondary N) is 2. The first-order valence-corrected chi connectivity index (χ1v) is 17.3. The highest BCUT2D eigenvalue weighted by Crippen LogP contribution is 2.33. The second-order valence-electron chi connectivity index (χ2n) is 13.2. The fourth-order valence-electron chi connectivity index (χ4n) is 6.15. The van der Waals surface area contributed by atoms with E-state index in [-0.39, 0.29) is 37.4 Å². The molecule has 0 fully saturated rings. The summed E-state index contributed by atoms with van der Waals surface area (Å²) in [6.45, 7) is 8.15. The SMILES string of the molecule is COc1ccc(NC(=O)Nc2ccc3c(c2)C(=O)N([C@@H](C)CO)C[C@@H](C)[C@@H](CN(C)Cc2ccc4c(c2)OCO4)OCCCC[C@H](C)O3)cc1. The average molecular weight is 691 g/mol. The van der Waals surface area contributed by atoms with E-state index in [1.54, 1.807) is 54.5 Å². The highest BCUT2D eigenvalue weighted by atomic mass is 16.7. The van der Waals surface area contributed by atoms with Crippen LogP contribution in [-0.2, 0) is 11.3 Å². The number of carbonyl (C=O) groups excluding carboxylic acids is 2. The van der Waals surface area contributed by atoms with Crippen LogP contribution in [0.4, 0.5) is 16.2 Å². The fourth-order valence-corrected chi connectivity index (χ4v) is 6.15. The summed E-state index contributed by atoms with van der Waals surface area (Å²) in [5, 5.41) is 15.9. The zero-order valence-electron chi connectivity index (χ0n) is 29.6. The van der Waals surface area contributed by atoms with Crippen molar-refractivity contribution in [3.05, 3.63) is 71.8 Å². The van der Waals surface area contributed by atoms with Crippen LogP contribution in [0.1, 0.15) is 56.0 Å². The fraction of sp³-hybridized carbons (Fsp3) is 0.474. The third-order valence-corrected chi connectivity index (χ3v) is 9.04. The van der Waals surface area contributed by atoms with E-state index in [1.807, 2.05) is 32.0 Å². The average Bonchev–Trinajstić information content (AvgIpc) is 3.58. The van der Waals surface area contributed by atoms with Crippen LogP contribution in [0, 0.1) is 5.92 Å². The Balaban J connectivity index is 1.35. The molecule has 3 aromatic carbocycles. The number of rotatable bonds is 9. The number of hydrogen-bond donors (Lipinski definition) is 3. The van der Waals surface area contributed by atoms with Gasteiger partial charge in [-0.3, -0.25) is 9.69 Å². The van der Waals surface area contributed by atoms with E-state index in [9.17, 15) is 14.7 Å². The van der Waals surface area contributed by atoms with E-state index in [0.29, 0.717) is 54.7 Å². The van der Waals surface area contributed by atoms with Gasteiger partial charge in [-0.15, -0.1) is 0 Å². The standard InChI is InChI=1S/C38H50N4O8/c1-25-20-42(26(2)23-43)37(44)32-19-30(40-38(45)39-29-10-13-31(46-5)14-11-29)12-16-33(32)50-27(3)8-6-7-17-47-36(25)22-41(4)21-28-9-15-34-35(18-28)49-24-48-34/h9-16,18-19,25-27,36,43H,6-8,17,20-24H2,1-5H3,(H2,39,40,45)/t25-,26+,27+,36-/m1/s1. The van der Waals surface area contributed by atoms with Crippen molar-refractivity contribution < 1.29 is 38.4 Å². The van der Waals surface area contributed by atoms with Gasteiger partial charge >= 0.3 is 6.03 Å². The van der Waals surface area contributed by atoms with Crippen LogP contribution in [0.5, 0.6) is 23.0 Å². The van der Waals surface area contributed by atoms with Gasteiger partial charge in [-0.1, -0.05) is 13.0 Å². The van der Waals surface area contributed by atoms with Gasteiger partial charge in [0.05, 0.1) is 37.5 Å². The predicted molar refractivity (Wildman–Crippen MR) is 191 cm³/mol. The molecule has 2 aliphatic heterocycles. The zero-order chi connectivity index (χ0) is 35.6. The van der Waals surface area contributed by atoms with Gasteiger partial charge in [-0.05, 0) is 100 Å². The first-order valence-electron chi connectivity index (χ1n) is 17.3. The summed E-state index contributed by atoms with van der Waals surface area (Å²) in [4.78, 5) is 31.2. The molecule has 0 saturated carbocycles. The summed E-state index contributed by atoms with van der Waals surface area (Å²) < 4.78 is 29.1. The number of amides is 3. The Hall–Kier alpha value is -4.52. The number of nitrogens with zero attached hydrogens (tertiary/aromatic N) is 2. The summed E-state index contributed by atoms with van der Waals surface area (Å²) >= 11 is 0. The van der Waals surface area contributed by atoms with Gasteiger partial charge in [0.15, 0.2) is 11.5 Å². The lowest BCUT2D eigenvalue weighted by atomic mass is 10.0. The second kappa shape index (κ2) is 17.4. The molecule has 0 spiro atoms. The van der Waals surface area contributed by atoms with Gasteiger partial charge in [-0.25, -0.2) is 4.79 Å². The van der Waals surface area contributed by atoms with Gasteiger partial charge in [0, 0.05) is 43.5 Å². The molecule has 0 bridgehead atoms. The molecule has 270 valence electrons. The lowest BCUT2D eigenvalue weighted by Gasteiger charge is -2.36. The molecule has 4 atom stereocenters. The normalized spacial score (nSPS) is 20.3. The minimum atomic E-state index is -0.481. The number of benzene rings is 3. The summed E-state index contributed by atoms with van der Waals surface area (Å²) in [5.74, 6) is 2.24. The van der Waals surface area contributed by atoms with Crippen molar-refractivity contribution in [1.82, 2.24) is 9.80 Å². The van der Waals surface area contributed by atoms with Crippen LogP contribution in [0.3, 0.4) is 0 Å². The molecular weight excluding hydrogens is 640 g/mol. The van der Waals surface area contributed by atoms with Gasteiger partial charge in [0.1, 0.15) is 11.5 Å². The first-order chi connectivity index (χ1) is 24.1. The molecule has 3 amide bonds. The van der Waals surface area contributed by atoms with Crippen LogP contribution < -0.4 is 29.6 Å². The maximum atomic E-state index is 14.4. The molecule has 12 heteroatoms.